The molecule has 0 atom stereocenters. The van der Waals surface area contributed by atoms with E-state index >= 15 is 0 Å². The summed E-state index contributed by atoms with van der Waals surface area (Å²) in [6.07, 6.45) is -3.31. The smallest absolute Gasteiger partial charge is 0.347 e. The van der Waals surface area contributed by atoms with E-state index in [1.165, 1.54) is 29.1 Å². The van der Waals surface area contributed by atoms with Crippen LogP contribution in [0.2, 0.25) is 0 Å². The summed E-state index contributed by atoms with van der Waals surface area (Å²) in [7, 11) is 0. The van der Waals surface area contributed by atoms with Crippen LogP contribution in [0.15, 0.2) is 41.0 Å². The highest BCUT2D eigenvalue weighted by Gasteiger charge is 2.37. The first kappa shape index (κ1) is 29.3. The van der Waals surface area contributed by atoms with Crippen molar-refractivity contribution in [1.82, 2.24) is 40.3 Å². The summed E-state index contributed by atoms with van der Waals surface area (Å²) in [4.78, 5) is 31.8. The molecule has 0 unspecified atom stereocenters. The summed E-state index contributed by atoms with van der Waals surface area (Å²) >= 11 is 3.37. The molecule has 0 saturated heterocycles. The fourth-order valence-corrected chi connectivity index (χ4v) is 4.14. The summed E-state index contributed by atoms with van der Waals surface area (Å²) in [5, 5.41) is 29.1. The summed E-state index contributed by atoms with van der Waals surface area (Å²) in [5.74, 6) is -2.41. The van der Waals surface area contributed by atoms with Crippen LogP contribution in [0.5, 0.6) is 0 Å². The van der Waals surface area contributed by atoms with E-state index in [4.69, 9.17) is 0 Å². The molecular formula is C25H22BrF3N10O2. The minimum absolute atomic E-state index is 0.0542. The zero-order valence-corrected chi connectivity index (χ0v) is 23.7. The number of hydrogen-bond donors (Lipinski definition) is 2. The lowest BCUT2D eigenvalue weighted by Crippen LogP contribution is -2.41. The Bertz CT molecular complexity index is 1680. The van der Waals surface area contributed by atoms with Gasteiger partial charge in [0.15, 0.2) is 5.82 Å². The molecule has 41 heavy (non-hydrogen) atoms. The molecule has 0 spiro atoms. The Hall–Kier alpha value is -4.65. The largest absolute Gasteiger partial charge is 0.455 e. The van der Waals surface area contributed by atoms with Gasteiger partial charge in [-0.05, 0) is 84.7 Å². The quantitative estimate of drug-likeness (QED) is 0.323. The summed E-state index contributed by atoms with van der Waals surface area (Å²) in [5.41, 5.74) is 0.382. The lowest BCUT2D eigenvalue weighted by Gasteiger charge is -2.22. The number of hydrogen-bond acceptors (Lipinski definition) is 8. The lowest BCUT2D eigenvalue weighted by molar-refractivity contribution is -0.145. The standard InChI is InChI=1S/C25H22BrF3N10O2/c1-13-8-14(11-30)9-16(21(40)33-24(2,3)4)19(13)32-22(41)18-10-15(12-38-36-23(34-37-38)25(27,28)29)35-39(18)20-17(26)6-5-7-31-20/h5-10H,12H2,1-4H3,(H,32,41)(H,33,40). The number of rotatable bonds is 6. The Morgan fingerprint density at radius 1 is 1.12 bits per heavy atom. The molecule has 0 bridgehead atoms. The number of aromatic nitrogens is 7. The first-order valence-electron chi connectivity index (χ1n) is 11.9. The van der Waals surface area contributed by atoms with Gasteiger partial charge in [-0.1, -0.05) is 0 Å². The third-order valence-electron chi connectivity index (χ3n) is 5.38. The third-order valence-corrected chi connectivity index (χ3v) is 6.00. The van der Waals surface area contributed by atoms with Crippen molar-refractivity contribution in [3.8, 4) is 11.9 Å². The topological polar surface area (TPSA) is 156 Å². The molecule has 0 saturated carbocycles. The maximum atomic E-state index is 13.7. The van der Waals surface area contributed by atoms with Crippen LogP contribution in [0.25, 0.3) is 5.82 Å². The second-order valence-corrected chi connectivity index (χ2v) is 10.7. The summed E-state index contributed by atoms with van der Waals surface area (Å²) < 4.78 is 40.5. The molecule has 0 radical (unpaired) electrons. The average molecular weight is 631 g/mol. The number of carbonyl (C=O) groups is 2. The molecule has 0 fully saturated rings. The number of halogens is 4. The van der Waals surface area contributed by atoms with Gasteiger partial charge in [0.1, 0.15) is 12.2 Å². The van der Waals surface area contributed by atoms with Crippen molar-refractivity contribution in [2.75, 3.05) is 5.32 Å². The number of anilines is 1. The number of pyridine rings is 1. The predicted octanol–water partition coefficient (Wildman–Crippen LogP) is 4.04. The van der Waals surface area contributed by atoms with Gasteiger partial charge < -0.3 is 10.6 Å². The lowest BCUT2D eigenvalue weighted by atomic mass is 10.0. The van der Waals surface area contributed by atoms with Crippen LogP contribution in [0.4, 0.5) is 18.9 Å². The normalized spacial score (nSPS) is 11.7. The van der Waals surface area contributed by atoms with Crippen LogP contribution < -0.4 is 10.6 Å². The number of nitrogens with one attached hydrogen (secondary N) is 2. The van der Waals surface area contributed by atoms with E-state index in [0.717, 1.165) is 0 Å². The molecule has 4 rings (SSSR count). The predicted molar refractivity (Wildman–Crippen MR) is 142 cm³/mol. The van der Waals surface area contributed by atoms with Crippen LogP contribution in [0.1, 0.15) is 64.3 Å². The second kappa shape index (κ2) is 11.1. The van der Waals surface area contributed by atoms with E-state index in [1.807, 2.05) is 6.07 Å². The number of nitrogens with zero attached hydrogens (tertiary/aromatic N) is 8. The zero-order valence-electron chi connectivity index (χ0n) is 22.1. The van der Waals surface area contributed by atoms with E-state index in [1.54, 1.807) is 39.8 Å². The van der Waals surface area contributed by atoms with Crippen molar-refractivity contribution in [2.24, 2.45) is 0 Å². The average Bonchev–Trinajstić information content (AvgIpc) is 3.52. The van der Waals surface area contributed by atoms with Crippen molar-refractivity contribution >= 4 is 33.4 Å². The Balaban J connectivity index is 1.76. The number of alkyl halides is 3. The molecule has 0 aliphatic heterocycles. The zero-order chi connectivity index (χ0) is 30.1. The Kier molecular flexibility index (Phi) is 7.93. The number of tetrazole rings is 1. The molecule has 0 aliphatic rings. The summed E-state index contributed by atoms with van der Waals surface area (Å²) in [6, 6.07) is 9.55. The number of nitriles is 1. The van der Waals surface area contributed by atoms with Crippen LogP contribution in [-0.4, -0.2) is 52.3 Å². The maximum Gasteiger partial charge on any atom is 0.455 e. The second-order valence-electron chi connectivity index (χ2n) is 9.87. The van der Waals surface area contributed by atoms with Gasteiger partial charge in [0.2, 0.25) is 0 Å². The molecule has 0 aliphatic carbocycles. The highest BCUT2D eigenvalue weighted by atomic mass is 79.9. The molecule has 212 valence electrons. The van der Waals surface area contributed by atoms with Crippen molar-refractivity contribution in [2.45, 2.75) is 46.0 Å². The van der Waals surface area contributed by atoms with E-state index < -0.39 is 29.4 Å². The van der Waals surface area contributed by atoms with Gasteiger partial charge in [-0.15, -0.1) is 10.2 Å². The minimum Gasteiger partial charge on any atom is -0.347 e. The van der Waals surface area contributed by atoms with Gasteiger partial charge in [-0.3, -0.25) is 9.59 Å². The van der Waals surface area contributed by atoms with E-state index in [2.05, 4.69) is 52.1 Å². The van der Waals surface area contributed by atoms with Gasteiger partial charge in [-0.2, -0.15) is 28.3 Å². The van der Waals surface area contributed by atoms with Crippen molar-refractivity contribution < 1.29 is 22.8 Å². The highest BCUT2D eigenvalue weighted by molar-refractivity contribution is 9.10. The molecule has 12 nitrogen and oxygen atoms in total. The van der Waals surface area contributed by atoms with Crippen LogP contribution in [0, 0.1) is 18.3 Å². The van der Waals surface area contributed by atoms with E-state index in [-0.39, 0.29) is 40.6 Å². The van der Waals surface area contributed by atoms with E-state index in [0.29, 0.717) is 14.8 Å². The van der Waals surface area contributed by atoms with Gasteiger partial charge in [0.25, 0.3) is 17.6 Å². The van der Waals surface area contributed by atoms with Crippen LogP contribution >= 0.6 is 15.9 Å². The molecule has 2 amide bonds. The molecule has 3 heterocycles. The number of benzene rings is 1. The molecule has 1 aromatic carbocycles. The van der Waals surface area contributed by atoms with Gasteiger partial charge in [0, 0.05) is 11.7 Å². The van der Waals surface area contributed by atoms with Crippen molar-refractivity contribution in [1.29, 1.82) is 5.26 Å². The highest BCUT2D eigenvalue weighted by Crippen LogP contribution is 2.27. The first-order valence-corrected chi connectivity index (χ1v) is 12.7. The number of aryl methyl sites for hydroxylation is 1. The maximum absolute atomic E-state index is 13.7. The fourth-order valence-electron chi connectivity index (χ4n) is 3.71. The Morgan fingerprint density at radius 3 is 2.46 bits per heavy atom. The Labute approximate surface area is 239 Å². The van der Waals surface area contributed by atoms with E-state index in [9.17, 15) is 28.0 Å². The molecule has 2 N–H and O–H groups in total. The molecule has 3 aromatic heterocycles. The van der Waals surface area contributed by atoms with Crippen LogP contribution in [-0.2, 0) is 12.7 Å². The first-order chi connectivity index (χ1) is 19.2. The van der Waals surface area contributed by atoms with Gasteiger partial charge >= 0.3 is 6.18 Å². The molecular weight excluding hydrogens is 609 g/mol. The number of carbonyl (C=O) groups excluding carboxylic acids is 2. The minimum atomic E-state index is -4.78. The van der Waals surface area contributed by atoms with Gasteiger partial charge in [-0.25, -0.2) is 9.67 Å². The molecule has 4 aromatic rings. The van der Waals surface area contributed by atoms with Gasteiger partial charge in [0.05, 0.1) is 33.1 Å². The molecule has 16 heteroatoms. The van der Waals surface area contributed by atoms with Crippen molar-refractivity contribution in [3.63, 3.8) is 0 Å². The fraction of sp³-hybridized carbons (Fsp3) is 0.280. The third kappa shape index (κ3) is 6.74. The summed E-state index contributed by atoms with van der Waals surface area (Å²) in [6.45, 7) is 6.66. The number of amides is 2. The monoisotopic (exact) mass is 630 g/mol. The SMILES string of the molecule is Cc1cc(C#N)cc(C(=O)NC(C)(C)C)c1NC(=O)c1cc(Cn2nnc(C(F)(F)F)n2)nn1-c1ncccc1Br. The van der Waals surface area contributed by atoms with Crippen LogP contribution in [0.3, 0.4) is 0 Å². The Morgan fingerprint density at radius 2 is 1.85 bits per heavy atom. The van der Waals surface area contributed by atoms with Crippen molar-refractivity contribution in [3.05, 3.63) is 74.9 Å².